The molecule has 0 spiro atoms. The molecule has 250 valence electrons. The molecule has 1 fully saturated rings. The van der Waals surface area contributed by atoms with Gasteiger partial charge in [0.1, 0.15) is 0 Å². The van der Waals surface area contributed by atoms with Crippen molar-refractivity contribution in [1.29, 1.82) is 0 Å². The molecule has 1 aliphatic rings. The predicted molar refractivity (Wildman–Crippen MR) is 162 cm³/mol. The lowest BCUT2D eigenvalue weighted by atomic mass is 10.1. The Kier molecular flexibility index (Phi) is 9.85. The molecule has 0 aliphatic carbocycles. The van der Waals surface area contributed by atoms with Gasteiger partial charge in [-0.15, -0.1) is 0 Å². The van der Waals surface area contributed by atoms with Crippen molar-refractivity contribution in [3.8, 4) is 0 Å². The van der Waals surface area contributed by atoms with E-state index in [2.05, 4.69) is 5.32 Å². The van der Waals surface area contributed by atoms with Crippen LogP contribution in [-0.2, 0) is 45.5 Å². The van der Waals surface area contributed by atoms with Crippen LogP contribution >= 0.6 is 0 Å². The number of benzene rings is 4. The Labute approximate surface area is 268 Å². The van der Waals surface area contributed by atoms with Crippen molar-refractivity contribution in [3.63, 3.8) is 0 Å². The van der Waals surface area contributed by atoms with Crippen LogP contribution in [0.1, 0.15) is 22.3 Å². The third kappa shape index (κ3) is 7.70. The van der Waals surface area contributed by atoms with Crippen molar-refractivity contribution in [3.05, 3.63) is 131 Å². The van der Waals surface area contributed by atoms with Crippen LogP contribution in [0.5, 0.6) is 0 Å². The number of rotatable bonds is 10. The molecule has 2 atom stereocenters. The highest BCUT2D eigenvalue weighted by molar-refractivity contribution is 7.89. The van der Waals surface area contributed by atoms with E-state index >= 15 is 0 Å². The van der Waals surface area contributed by atoms with E-state index in [0.717, 1.165) is 57.1 Å². The van der Waals surface area contributed by atoms with Crippen LogP contribution < -0.4 is 5.32 Å². The highest BCUT2D eigenvalue weighted by Gasteiger charge is 2.45. The molecule has 0 aromatic heterocycles. The lowest BCUT2D eigenvalue weighted by Crippen LogP contribution is -2.54. The Morgan fingerprint density at radius 1 is 0.532 bits per heavy atom. The fraction of sp³-hybridized carbons (Fsp3) is 0.250. The molecule has 0 unspecified atom stereocenters. The van der Waals surface area contributed by atoms with Crippen LogP contribution in [0.25, 0.3) is 0 Å². The topological polar surface area (TPSA) is 86.8 Å². The zero-order chi connectivity index (χ0) is 34.0. The maximum atomic E-state index is 14.2. The second kappa shape index (κ2) is 13.4. The summed E-state index contributed by atoms with van der Waals surface area (Å²) >= 11 is 0. The van der Waals surface area contributed by atoms with Gasteiger partial charge in [-0.05, 0) is 59.7 Å². The number of hydrogen-bond donors (Lipinski definition) is 1. The van der Waals surface area contributed by atoms with Gasteiger partial charge >= 0.3 is 12.4 Å². The largest absolute Gasteiger partial charge is 0.416 e. The quantitative estimate of drug-likeness (QED) is 0.201. The van der Waals surface area contributed by atoms with Gasteiger partial charge in [0.05, 0.1) is 33.0 Å². The van der Waals surface area contributed by atoms with Crippen LogP contribution in [0.15, 0.2) is 119 Å². The molecule has 5 rings (SSSR count). The normalized spacial score (nSPS) is 17.8. The van der Waals surface area contributed by atoms with Crippen molar-refractivity contribution in [2.24, 2.45) is 0 Å². The molecule has 1 N–H and O–H groups in total. The van der Waals surface area contributed by atoms with E-state index in [-0.39, 0.29) is 34.0 Å². The minimum Gasteiger partial charge on any atom is -0.313 e. The second-order valence-electron chi connectivity index (χ2n) is 10.9. The first-order valence-corrected chi connectivity index (χ1v) is 17.1. The van der Waals surface area contributed by atoms with Gasteiger partial charge in [0, 0.05) is 26.2 Å². The van der Waals surface area contributed by atoms with E-state index < -0.39 is 68.7 Å². The first kappa shape index (κ1) is 34.6. The average Bonchev–Trinajstić information content (AvgIpc) is 3.51. The van der Waals surface area contributed by atoms with Crippen molar-refractivity contribution in [1.82, 2.24) is 13.9 Å². The number of hydrogen-bond acceptors (Lipinski definition) is 5. The average molecular weight is 698 g/mol. The smallest absolute Gasteiger partial charge is 0.313 e. The maximum Gasteiger partial charge on any atom is 0.416 e. The number of nitrogens with zero attached hydrogens (tertiary/aromatic N) is 2. The van der Waals surface area contributed by atoms with Crippen molar-refractivity contribution < 1.29 is 43.2 Å². The first-order chi connectivity index (χ1) is 22.1. The Bertz CT molecular complexity index is 1730. The number of alkyl halides is 6. The summed E-state index contributed by atoms with van der Waals surface area (Å²) in [5.41, 5.74) is -1.39. The standard InChI is InChI=1S/C32H29F6N3O4S2/c33-31(34,35)25-15-11-23(12-16-25)21-40(46(42,43)27-7-3-1-4-8-27)29-19-39-20-30(29)41(47(44,45)28-9-5-2-6-10-28)22-24-13-17-26(18-14-24)32(36,37)38/h1-18,29-30,39H,19-22H2/t29-,30-/m0/s1. The first-order valence-electron chi connectivity index (χ1n) is 14.3. The van der Waals surface area contributed by atoms with Gasteiger partial charge in [0.25, 0.3) is 0 Å². The zero-order valence-corrected chi connectivity index (χ0v) is 26.1. The number of halogens is 6. The Balaban J connectivity index is 1.59. The van der Waals surface area contributed by atoms with E-state index in [0.29, 0.717) is 0 Å². The Morgan fingerprint density at radius 3 is 1.15 bits per heavy atom. The molecule has 1 heterocycles. The summed E-state index contributed by atoms with van der Waals surface area (Å²) < 4.78 is 138. The van der Waals surface area contributed by atoms with E-state index in [9.17, 15) is 43.2 Å². The fourth-order valence-electron chi connectivity index (χ4n) is 5.41. The van der Waals surface area contributed by atoms with Gasteiger partial charge < -0.3 is 5.32 Å². The van der Waals surface area contributed by atoms with E-state index in [4.69, 9.17) is 0 Å². The minimum atomic E-state index is -4.61. The lowest BCUT2D eigenvalue weighted by Gasteiger charge is -2.37. The molecule has 15 heteroatoms. The summed E-state index contributed by atoms with van der Waals surface area (Å²) in [7, 11) is -8.74. The summed E-state index contributed by atoms with van der Waals surface area (Å²) in [6, 6.07) is 20.5. The van der Waals surface area contributed by atoms with Gasteiger partial charge in [-0.2, -0.15) is 35.0 Å². The Morgan fingerprint density at radius 2 is 0.851 bits per heavy atom. The summed E-state index contributed by atoms with van der Waals surface area (Å²) in [6.45, 7) is -0.828. The summed E-state index contributed by atoms with van der Waals surface area (Å²) in [5.74, 6) is 0. The Hall–Kier alpha value is -3.76. The molecular weight excluding hydrogens is 668 g/mol. The van der Waals surface area contributed by atoms with Gasteiger partial charge in [0.2, 0.25) is 20.0 Å². The molecule has 1 aliphatic heterocycles. The minimum absolute atomic E-state index is 0.0226. The van der Waals surface area contributed by atoms with Crippen LogP contribution in [0.4, 0.5) is 26.3 Å². The monoisotopic (exact) mass is 697 g/mol. The van der Waals surface area contributed by atoms with Crippen molar-refractivity contribution >= 4 is 20.0 Å². The molecule has 4 aromatic carbocycles. The molecule has 0 bridgehead atoms. The summed E-state index contributed by atoms with van der Waals surface area (Å²) in [4.78, 5) is -0.226. The van der Waals surface area contributed by atoms with Crippen LogP contribution in [0, 0.1) is 0 Å². The zero-order valence-electron chi connectivity index (χ0n) is 24.5. The summed E-state index contributed by atoms with van der Waals surface area (Å²) in [6.07, 6.45) is -9.22. The second-order valence-corrected chi connectivity index (χ2v) is 14.7. The summed E-state index contributed by atoms with van der Waals surface area (Å²) in [5, 5.41) is 3.05. The fourth-order valence-corrected chi connectivity index (χ4v) is 8.74. The van der Waals surface area contributed by atoms with Crippen molar-refractivity contribution in [2.75, 3.05) is 13.1 Å². The molecule has 0 saturated carbocycles. The van der Waals surface area contributed by atoms with E-state index in [1.165, 1.54) is 48.5 Å². The third-order valence-corrected chi connectivity index (χ3v) is 11.6. The highest BCUT2D eigenvalue weighted by Crippen LogP contribution is 2.33. The SMILES string of the molecule is O=S(=O)(c1ccccc1)N(Cc1ccc(C(F)(F)F)cc1)[C@H]1CNC[C@@H]1N(Cc1ccc(C(F)(F)F)cc1)S(=O)(=O)c1ccccc1. The molecule has 0 radical (unpaired) electrons. The number of nitrogens with one attached hydrogen (secondary N) is 1. The molecule has 0 amide bonds. The van der Waals surface area contributed by atoms with E-state index in [1.54, 1.807) is 12.1 Å². The van der Waals surface area contributed by atoms with Crippen LogP contribution in [-0.4, -0.2) is 50.6 Å². The maximum absolute atomic E-state index is 14.2. The van der Waals surface area contributed by atoms with Gasteiger partial charge in [0.15, 0.2) is 0 Å². The molecular formula is C32H29F6N3O4S2. The van der Waals surface area contributed by atoms with E-state index in [1.807, 2.05) is 0 Å². The highest BCUT2D eigenvalue weighted by atomic mass is 32.2. The van der Waals surface area contributed by atoms with Gasteiger partial charge in [-0.3, -0.25) is 0 Å². The van der Waals surface area contributed by atoms with Gasteiger partial charge in [-0.25, -0.2) is 16.8 Å². The lowest BCUT2D eigenvalue weighted by molar-refractivity contribution is -0.138. The molecule has 1 saturated heterocycles. The van der Waals surface area contributed by atoms with Gasteiger partial charge in [-0.1, -0.05) is 60.7 Å². The number of sulfonamides is 2. The molecule has 47 heavy (non-hydrogen) atoms. The third-order valence-electron chi connectivity index (χ3n) is 7.83. The van der Waals surface area contributed by atoms with Crippen molar-refractivity contribution in [2.45, 2.75) is 47.3 Å². The molecule has 4 aromatic rings. The van der Waals surface area contributed by atoms with Crippen LogP contribution in [0.2, 0.25) is 0 Å². The van der Waals surface area contributed by atoms with Crippen LogP contribution in [0.3, 0.4) is 0 Å². The molecule has 7 nitrogen and oxygen atoms in total. The predicted octanol–water partition coefficient (Wildman–Crippen LogP) is 6.15.